The molecule has 0 radical (unpaired) electrons. The molecule has 0 amide bonds. The van der Waals surface area contributed by atoms with Gasteiger partial charge in [0, 0.05) is 30.2 Å². The fourth-order valence-electron chi connectivity index (χ4n) is 3.27. The van der Waals surface area contributed by atoms with Crippen LogP contribution in [0.2, 0.25) is 0 Å². The first kappa shape index (κ1) is 20.7. The zero-order valence-corrected chi connectivity index (χ0v) is 16.3. The number of rotatable bonds is 9. The standard InChI is InChI=1S/C22H23NO6/c1-4-6-21(8-9-21)19(24)27-13-16-12-23-15(3)18(29-26)17(16)14-28-20(25)22(7-5-2)10-11-22/h1-2,12,26H,6-11,13-14H2,3H3. The summed E-state index contributed by atoms with van der Waals surface area (Å²) in [6.45, 7) is 1.38. The van der Waals surface area contributed by atoms with Gasteiger partial charge in [-0.15, -0.1) is 24.7 Å². The molecule has 2 fully saturated rings. The number of terminal acetylenes is 2. The zero-order valence-electron chi connectivity index (χ0n) is 16.3. The number of aryl methyl sites for hydroxylation is 1. The molecule has 2 aliphatic rings. The van der Waals surface area contributed by atoms with E-state index in [1.165, 1.54) is 6.20 Å². The lowest BCUT2D eigenvalue weighted by Gasteiger charge is -2.17. The molecule has 0 saturated heterocycles. The second-order valence-electron chi connectivity index (χ2n) is 7.74. The first-order valence-electron chi connectivity index (χ1n) is 9.41. The van der Waals surface area contributed by atoms with E-state index in [-0.39, 0.29) is 30.9 Å². The van der Waals surface area contributed by atoms with E-state index in [0.29, 0.717) is 55.3 Å². The first-order chi connectivity index (χ1) is 13.9. The van der Waals surface area contributed by atoms with E-state index in [0.717, 1.165) is 0 Å². The summed E-state index contributed by atoms with van der Waals surface area (Å²) in [7, 11) is 0. The van der Waals surface area contributed by atoms with Gasteiger partial charge in [-0.25, -0.2) is 5.26 Å². The third kappa shape index (κ3) is 4.21. The quantitative estimate of drug-likeness (QED) is 0.296. The lowest BCUT2D eigenvalue weighted by Crippen LogP contribution is -2.21. The minimum absolute atomic E-state index is 0.0675. The van der Waals surface area contributed by atoms with Crippen LogP contribution in [0.5, 0.6) is 5.75 Å². The maximum atomic E-state index is 12.4. The number of nitrogens with zero attached hydrogens (tertiary/aromatic N) is 1. The first-order valence-corrected chi connectivity index (χ1v) is 9.41. The van der Waals surface area contributed by atoms with E-state index in [9.17, 15) is 14.8 Å². The van der Waals surface area contributed by atoms with Crippen molar-refractivity contribution >= 4 is 11.9 Å². The van der Waals surface area contributed by atoms with E-state index >= 15 is 0 Å². The fourth-order valence-corrected chi connectivity index (χ4v) is 3.27. The molecule has 0 atom stereocenters. The van der Waals surface area contributed by atoms with Crippen molar-refractivity contribution in [2.24, 2.45) is 10.8 Å². The Morgan fingerprint density at radius 3 is 2.03 bits per heavy atom. The molecule has 1 aromatic heterocycles. The second-order valence-corrected chi connectivity index (χ2v) is 7.74. The van der Waals surface area contributed by atoms with Gasteiger partial charge in [-0.05, 0) is 32.6 Å². The lowest BCUT2D eigenvalue weighted by atomic mass is 10.0. The summed E-state index contributed by atoms with van der Waals surface area (Å²) in [6, 6.07) is 0. The van der Waals surface area contributed by atoms with Crippen LogP contribution in [0.4, 0.5) is 0 Å². The number of esters is 2. The second kappa shape index (κ2) is 8.14. The highest BCUT2D eigenvalue weighted by atomic mass is 17.1. The monoisotopic (exact) mass is 397 g/mol. The summed E-state index contributed by atoms with van der Waals surface area (Å²) in [4.78, 5) is 33.4. The minimum Gasteiger partial charge on any atom is -0.460 e. The Bertz CT molecular complexity index is 899. The van der Waals surface area contributed by atoms with E-state index in [1.54, 1.807) is 6.92 Å². The SMILES string of the molecule is C#CCC1(C(=O)OCc2cnc(C)c(OO)c2COC(=O)C2(CC#C)CC2)CC1. The van der Waals surface area contributed by atoms with Crippen LogP contribution in [0.25, 0.3) is 0 Å². The molecule has 1 heterocycles. The molecule has 0 spiro atoms. The Hall–Kier alpha value is -3.03. The number of pyridine rings is 1. The van der Waals surface area contributed by atoms with Crippen LogP contribution < -0.4 is 4.89 Å². The van der Waals surface area contributed by atoms with Gasteiger partial charge in [0.15, 0.2) is 5.75 Å². The average molecular weight is 397 g/mol. The van der Waals surface area contributed by atoms with Gasteiger partial charge in [-0.1, -0.05) is 0 Å². The maximum absolute atomic E-state index is 12.4. The van der Waals surface area contributed by atoms with Crippen LogP contribution in [0, 0.1) is 42.4 Å². The molecule has 7 nitrogen and oxygen atoms in total. The smallest absolute Gasteiger partial charge is 0.313 e. The molecule has 29 heavy (non-hydrogen) atoms. The molecule has 1 aromatic rings. The molecule has 0 aromatic carbocycles. The third-order valence-electron chi connectivity index (χ3n) is 5.66. The Labute approximate surface area is 169 Å². The Kier molecular flexibility index (Phi) is 5.81. The minimum atomic E-state index is -0.614. The van der Waals surface area contributed by atoms with Gasteiger partial charge in [0.05, 0.1) is 16.5 Å². The van der Waals surface area contributed by atoms with Crippen molar-refractivity contribution in [3.8, 4) is 30.4 Å². The van der Waals surface area contributed by atoms with E-state index in [2.05, 4.69) is 21.7 Å². The van der Waals surface area contributed by atoms with Crippen LogP contribution in [0.15, 0.2) is 6.20 Å². The topological polar surface area (TPSA) is 95.0 Å². The molecule has 0 aliphatic heterocycles. The highest BCUT2D eigenvalue weighted by Gasteiger charge is 2.51. The number of aromatic nitrogens is 1. The summed E-state index contributed by atoms with van der Waals surface area (Å²) in [5.41, 5.74) is 0.0589. The van der Waals surface area contributed by atoms with Crippen LogP contribution >= 0.6 is 0 Å². The van der Waals surface area contributed by atoms with Crippen molar-refractivity contribution in [1.82, 2.24) is 4.98 Å². The summed E-state index contributed by atoms with van der Waals surface area (Å²) in [6.07, 6.45) is 15.6. The normalized spacial score (nSPS) is 17.4. The maximum Gasteiger partial charge on any atom is 0.313 e. The summed E-state index contributed by atoms with van der Waals surface area (Å²) in [5, 5.41) is 9.30. The van der Waals surface area contributed by atoms with Gasteiger partial charge >= 0.3 is 11.9 Å². The average Bonchev–Trinajstić information content (AvgIpc) is 3.62. The summed E-state index contributed by atoms with van der Waals surface area (Å²) in [5.74, 6) is 4.34. The third-order valence-corrected chi connectivity index (χ3v) is 5.66. The molecular formula is C22H23NO6. The number of hydrogen-bond donors (Lipinski definition) is 1. The van der Waals surface area contributed by atoms with Gasteiger partial charge in [0.25, 0.3) is 0 Å². The van der Waals surface area contributed by atoms with Crippen LogP contribution in [0.3, 0.4) is 0 Å². The molecule has 2 aliphatic carbocycles. The molecule has 0 unspecified atom stereocenters. The molecule has 1 N–H and O–H groups in total. The van der Waals surface area contributed by atoms with Gasteiger partial charge in [-0.3, -0.25) is 14.6 Å². The van der Waals surface area contributed by atoms with Crippen LogP contribution in [0.1, 0.15) is 55.3 Å². The van der Waals surface area contributed by atoms with Crippen molar-refractivity contribution < 1.29 is 29.2 Å². The van der Waals surface area contributed by atoms with E-state index < -0.39 is 10.8 Å². The van der Waals surface area contributed by atoms with Crippen LogP contribution in [-0.4, -0.2) is 22.2 Å². The number of carbonyl (C=O) groups is 2. The molecule has 0 bridgehead atoms. The van der Waals surface area contributed by atoms with Crippen LogP contribution in [-0.2, 0) is 32.3 Å². The predicted molar refractivity (Wildman–Crippen MR) is 102 cm³/mol. The highest BCUT2D eigenvalue weighted by molar-refractivity contribution is 5.81. The Morgan fingerprint density at radius 2 is 1.59 bits per heavy atom. The predicted octanol–water partition coefficient (Wildman–Crippen LogP) is 2.94. The Morgan fingerprint density at radius 1 is 1.07 bits per heavy atom. The molecule has 3 rings (SSSR count). The molecular weight excluding hydrogens is 374 g/mol. The number of ether oxygens (including phenoxy) is 2. The van der Waals surface area contributed by atoms with Gasteiger partial charge in [-0.2, -0.15) is 0 Å². The number of hydrogen-bond acceptors (Lipinski definition) is 7. The molecule has 7 heteroatoms. The summed E-state index contributed by atoms with van der Waals surface area (Å²) >= 11 is 0. The van der Waals surface area contributed by atoms with Crippen molar-refractivity contribution in [2.75, 3.05) is 0 Å². The summed E-state index contributed by atoms with van der Waals surface area (Å²) < 4.78 is 10.9. The van der Waals surface area contributed by atoms with Crippen molar-refractivity contribution in [1.29, 1.82) is 0 Å². The lowest BCUT2D eigenvalue weighted by molar-refractivity contribution is -0.154. The van der Waals surface area contributed by atoms with Gasteiger partial charge in [0.2, 0.25) is 0 Å². The zero-order chi connectivity index (χ0) is 21.1. The largest absolute Gasteiger partial charge is 0.460 e. The highest BCUT2D eigenvalue weighted by Crippen LogP contribution is 2.50. The fraction of sp³-hybridized carbons (Fsp3) is 0.500. The van der Waals surface area contributed by atoms with Gasteiger partial charge in [0.1, 0.15) is 13.2 Å². The van der Waals surface area contributed by atoms with Gasteiger partial charge < -0.3 is 14.4 Å². The van der Waals surface area contributed by atoms with E-state index in [4.69, 9.17) is 22.3 Å². The van der Waals surface area contributed by atoms with Crippen molar-refractivity contribution in [2.45, 2.75) is 58.7 Å². The van der Waals surface area contributed by atoms with E-state index in [1.807, 2.05) is 0 Å². The number of carbonyl (C=O) groups excluding carboxylic acids is 2. The Balaban J connectivity index is 1.72. The van der Waals surface area contributed by atoms with Crippen molar-refractivity contribution in [3.05, 3.63) is 23.0 Å². The molecule has 2 saturated carbocycles. The molecule has 152 valence electrons. The van der Waals surface area contributed by atoms with Crippen molar-refractivity contribution in [3.63, 3.8) is 0 Å².